The minimum absolute atomic E-state index is 0.0501. The van der Waals surface area contributed by atoms with Gasteiger partial charge in [-0.2, -0.15) is 0 Å². The highest BCUT2D eigenvalue weighted by Crippen LogP contribution is 2.44. The van der Waals surface area contributed by atoms with Crippen molar-refractivity contribution in [1.29, 1.82) is 0 Å². The van der Waals surface area contributed by atoms with Crippen LogP contribution in [-0.4, -0.2) is 156 Å². The zero-order valence-electron chi connectivity index (χ0n) is 41.4. The van der Waals surface area contributed by atoms with Gasteiger partial charge in [-0.05, 0) is 113 Å². The molecule has 0 unspecified atom stereocenters. The van der Waals surface area contributed by atoms with Crippen molar-refractivity contribution < 1.29 is 62.2 Å². The van der Waals surface area contributed by atoms with Crippen molar-refractivity contribution in [3.8, 4) is 11.5 Å². The molecule has 0 bridgehead atoms. The van der Waals surface area contributed by atoms with Crippen LogP contribution in [0.25, 0.3) is 0 Å². The number of fused-ring (bicyclic) bond motifs is 6. The Bertz CT molecular complexity index is 2130. The first-order valence-electron chi connectivity index (χ1n) is 24.1. The Morgan fingerprint density at radius 2 is 1.26 bits per heavy atom. The molecule has 19 heteroatoms. The molecule has 0 spiro atoms. The van der Waals surface area contributed by atoms with Gasteiger partial charge in [0.1, 0.15) is 11.2 Å². The van der Waals surface area contributed by atoms with Gasteiger partial charge in [0.05, 0.1) is 64.9 Å². The summed E-state index contributed by atoms with van der Waals surface area (Å²) in [4.78, 5) is 57.1. The number of piperidine rings is 2. The first kappa shape index (κ1) is 53.5. The number of nitrogens with zero attached hydrogens (tertiary/aromatic N) is 3. The summed E-state index contributed by atoms with van der Waals surface area (Å²) in [6, 6.07) is 6.47. The van der Waals surface area contributed by atoms with Gasteiger partial charge in [-0.15, -0.1) is 0 Å². The fourth-order valence-electron chi connectivity index (χ4n) is 10.4. The normalized spacial score (nSPS) is 25.1. The molecular weight excluding hydrogens is 899 g/mol. The number of alkyl carbamates (subject to hydrolysis) is 2. The molecule has 7 rings (SSSR count). The van der Waals surface area contributed by atoms with E-state index in [1.54, 1.807) is 39.9 Å². The highest BCUT2D eigenvalue weighted by molar-refractivity contribution is 5.79. The van der Waals surface area contributed by atoms with Crippen LogP contribution < -0.4 is 25.4 Å². The van der Waals surface area contributed by atoms with Crippen LogP contribution >= 0.6 is 0 Å². The topological polar surface area (TPSA) is 212 Å². The van der Waals surface area contributed by atoms with E-state index in [1.165, 1.54) is 5.56 Å². The molecule has 17 nitrogen and oxygen atoms in total. The molecule has 6 N–H and O–H groups in total. The number of ether oxygens (including phenoxy) is 4. The van der Waals surface area contributed by atoms with Crippen LogP contribution in [0, 0.1) is 11.8 Å². The number of halogens is 2. The first-order valence-corrected chi connectivity index (χ1v) is 24.1. The molecule has 3 fully saturated rings. The Morgan fingerprint density at radius 1 is 0.725 bits per heavy atom. The van der Waals surface area contributed by atoms with Crippen LogP contribution in [0.5, 0.6) is 11.5 Å². The van der Waals surface area contributed by atoms with Crippen molar-refractivity contribution in [2.24, 2.45) is 11.8 Å². The van der Waals surface area contributed by atoms with Crippen molar-refractivity contribution in [2.45, 2.75) is 141 Å². The van der Waals surface area contributed by atoms with Crippen LogP contribution in [0.1, 0.15) is 113 Å². The number of alkyl halides is 2. The monoisotopic (exact) mass is 973 g/mol. The number of likely N-dealkylation sites (tertiary alicyclic amines) is 1. The summed E-state index contributed by atoms with van der Waals surface area (Å²) >= 11 is 0. The van der Waals surface area contributed by atoms with Gasteiger partial charge in [0.2, 0.25) is 11.8 Å². The quantitative estimate of drug-likeness (QED) is 0.165. The third-order valence-corrected chi connectivity index (χ3v) is 13.7. The molecule has 384 valence electrons. The molecule has 5 aliphatic heterocycles. The summed E-state index contributed by atoms with van der Waals surface area (Å²) in [5.41, 5.74) is 4.53. The third kappa shape index (κ3) is 13.3. The smallest absolute Gasteiger partial charge is 0.407 e. The zero-order valence-corrected chi connectivity index (χ0v) is 41.4. The Kier molecular flexibility index (Phi) is 17.8. The average molecular weight is 973 g/mol. The number of amides is 4. The Hall–Kier alpha value is -4.82. The molecule has 0 radical (unpaired) electrons. The van der Waals surface area contributed by atoms with Crippen molar-refractivity contribution in [3.63, 3.8) is 0 Å². The fraction of sp³-hybridized carbons (Fsp3) is 0.680. The van der Waals surface area contributed by atoms with Crippen molar-refractivity contribution in [3.05, 3.63) is 57.6 Å². The lowest BCUT2D eigenvalue weighted by atomic mass is 9.81. The maximum Gasteiger partial charge on any atom is 0.407 e. The lowest BCUT2D eigenvalue weighted by Crippen LogP contribution is -2.62. The summed E-state index contributed by atoms with van der Waals surface area (Å²) < 4.78 is 48.4. The maximum atomic E-state index is 13.4. The fourth-order valence-corrected chi connectivity index (χ4v) is 10.4. The predicted molar refractivity (Wildman–Crippen MR) is 252 cm³/mol. The summed E-state index contributed by atoms with van der Waals surface area (Å²) in [7, 11) is 3.25. The van der Waals surface area contributed by atoms with Crippen molar-refractivity contribution in [1.82, 2.24) is 30.7 Å². The number of hydrogen-bond acceptors (Lipinski definition) is 13. The molecule has 3 saturated heterocycles. The number of methoxy groups -OCH3 is 2. The second-order valence-electron chi connectivity index (χ2n) is 21.0. The second kappa shape index (κ2) is 22.9. The molecule has 69 heavy (non-hydrogen) atoms. The Balaban J connectivity index is 0.000000227. The number of aliphatic hydroxyl groups is 3. The highest BCUT2D eigenvalue weighted by atomic mass is 19.1. The predicted octanol–water partition coefficient (Wildman–Crippen LogP) is 4.41. The van der Waals surface area contributed by atoms with Gasteiger partial charge in [0.25, 0.3) is 0 Å². The summed E-state index contributed by atoms with van der Waals surface area (Å²) in [6.45, 7) is 11.7. The minimum atomic E-state index is -0.790. The van der Waals surface area contributed by atoms with E-state index < -0.39 is 61.3 Å². The molecule has 5 aliphatic rings. The molecule has 0 aliphatic carbocycles. The van der Waals surface area contributed by atoms with Gasteiger partial charge in [-0.3, -0.25) is 28.2 Å². The SMILES string of the molecule is CC(C)(C)OC(=O)N[C@H]1C[C@H]2c3cc(CO)c(CO)cc3CCN2C[C@@H]1NC(=O)C[C@@H](CO)CF.COc1cc2c(cc1OC)[C@@H]1C[C@H](NC(=O)OC(C)(C)C)[C@@H](N3C[C@@H](CF)CC3=O)CN1CC2. The van der Waals surface area contributed by atoms with Gasteiger partial charge in [-0.1, -0.05) is 12.1 Å². The van der Waals surface area contributed by atoms with E-state index in [0.29, 0.717) is 55.1 Å². The van der Waals surface area contributed by atoms with Gasteiger partial charge in [-0.25, -0.2) is 9.59 Å². The van der Waals surface area contributed by atoms with Crippen LogP contribution in [0.2, 0.25) is 0 Å². The molecule has 2 aromatic carbocycles. The number of carbonyl (C=O) groups excluding carboxylic acids is 4. The first-order chi connectivity index (χ1) is 32.7. The van der Waals surface area contributed by atoms with E-state index in [4.69, 9.17) is 18.9 Å². The molecule has 8 atom stereocenters. The molecule has 0 saturated carbocycles. The average Bonchev–Trinajstić information content (AvgIpc) is 3.68. The summed E-state index contributed by atoms with van der Waals surface area (Å²) in [5.74, 6) is -0.108. The number of hydrogen-bond donors (Lipinski definition) is 6. The Labute approximate surface area is 404 Å². The van der Waals surface area contributed by atoms with E-state index in [2.05, 4.69) is 25.8 Å². The van der Waals surface area contributed by atoms with E-state index >= 15 is 0 Å². The number of nitrogens with one attached hydrogen (secondary N) is 3. The van der Waals surface area contributed by atoms with Crippen molar-refractivity contribution >= 4 is 24.0 Å². The number of benzene rings is 2. The van der Waals surface area contributed by atoms with E-state index in [9.17, 15) is 43.3 Å². The number of aliphatic hydroxyl groups excluding tert-OH is 3. The third-order valence-electron chi connectivity index (χ3n) is 13.7. The molecular formula is C50H74F2N6O11. The van der Waals surface area contributed by atoms with Gasteiger partial charge in [0, 0.05) is 76.1 Å². The lowest BCUT2D eigenvalue weighted by Gasteiger charge is -2.49. The van der Waals surface area contributed by atoms with Gasteiger partial charge in [0.15, 0.2) is 11.5 Å². The summed E-state index contributed by atoms with van der Waals surface area (Å²) in [5, 5.41) is 37.6. The van der Waals surface area contributed by atoms with E-state index in [1.807, 2.05) is 45.0 Å². The van der Waals surface area contributed by atoms with Gasteiger partial charge >= 0.3 is 12.2 Å². The van der Waals surface area contributed by atoms with E-state index in [-0.39, 0.29) is 68.0 Å². The van der Waals surface area contributed by atoms with Crippen LogP contribution in [0.4, 0.5) is 18.4 Å². The molecule has 0 aromatic heterocycles. The second-order valence-corrected chi connectivity index (χ2v) is 21.0. The maximum absolute atomic E-state index is 13.4. The minimum Gasteiger partial charge on any atom is -0.493 e. The van der Waals surface area contributed by atoms with E-state index in [0.717, 1.165) is 42.6 Å². The zero-order chi connectivity index (χ0) is 50.4. The largest absolute Gasteiger partial charge is 0.493 e. The van der Waals surface area contributed by atoms with Gasteiger partial charge < -0.3 is 55.1 Å². The van der Waals surface area contributed by atoms with Crippen molar-refractivity contribution in [2.75, 3.05) is 66.9 Å². The molecule has 5 heterocycles. The Morgan fingerprint density at radius 3 is 1.80 bits per heavy atom. The number of carbonyl (C=O) groups is 4. The standard InChI is InChI=1S/C25H38FN3O6.C25H36FN3O5/c1-25(2,3)35-24(34)28-20-9-22-19-8-18(14-32)17(13-31)7-16(19)4-5-29(22)11-21(20)27-23(33)6-15(10-26)12-30;1-25(2,3)34-24(31)27-18-11-19-17-10-22(33-5)21(32-4)9-16(17)6-7-28(19)14-20(18)29-13-15(12-26)8-23(29)30/h7-8,15,20-22,30-32H,4-6,9-14H2,1-3H3,(H,27,33)(H,28,34);9-10,15,18-20H,6-8,11-14H2,1-5H3,(H,27,31)/t15-,20+,21+,22+;15-,18+,19+,20+/m11/s1. The summed E-state index contributed by atoms with van der Waals surface area (Å²) in [6.07, 6.45) is 1.69. The van der Waals surface area contributed by atoms with Crippen LogP contribution in [0.15, 0.2) is 24.3 Å². The highest BCUT2D eigenvalue weighted by Gasteiger charge is 2.47. The molecule has 2 aromatic rings. The number of rotatable bonds is 13. The van der Waals surface area contributed by atoms with Crippen LogP contribution in [-0.2, 0) is 45.1 Å². The molecule has 4 amide bonds. The van der Waals surface area contributed by atoms with Crippen LogP contribution in [0.3, 0.4) is 0 Å². The lowest BCUT2D eigenvalue weighted by molar-refractivity contribution is -0.132.